The molecule has 1 rings (SSSR count). The minimum Gasteiger partial charge on any atom is -0.494 e. The van der Waals surface area contributed by atoms with Gasteiger partial charge in [-0.25, -0.2) is 0 Å². The molecule has 0 spiro atoms. The zero-order chi connectivity index (χ0) is 14.1. The number of rotatable bonds is 8. The van der Waals surface area contributed by atoms with E-state index in [1.54, 1.807) is 19.0 Å². The summed E-state index contributed by atoms with van der Waals surface area (Å²) in [5.74, 6) is 1.00. The summed E-state index contributed by atoms with van der Waals surface area (Å²) in [6, 6.07) is 8.06. The largest absolute Gasteiger partial charge is 0.494 e. The van der Waals surface area contributed by atoms with Gasteiger partial charge < -0.3 is 15.0 Å². The number of hydrogen-bond acceptors (Lipinski definition) is 3. The number of carbonyl (C=O) groups excluding carboxylic acids is 1. The Morgan fingerprint density at radius 3 is 2.53 bits per heavy atom. The Balaban J connectivity index is 2.24. The van der Waals surface area contributed by atoms with E-state index < -0.39 is 0 Å². The maximum Gasteiger partial charge on any atom is 0.222 e. The Hall–Kier alpha value is -1.55. The van der Waals surface area contributed by atoms with Crippen LogP contribution >= 0.6 is 0 Å². The first-order valence-corrected chi connectivity index (χ1v) is 6.76. The molecular weight excluding hydrogens is 240 g/mol. The van der Waals surface area contributed by atoms with Crippen LogP contribution in [0.2, 0.25) is 0 Å². The maximum absolute atomic E-state index is 11.4. The molecule has 0 fully saturated rings. The zero-order valence-electron chi connectivity index (χ0n) is 12.1. The van der Waals surface area contributed by atoms with E-state index in [-0.39, 0.29) is 5.91 Å². The predicted molar refractivity (Wildman–Crippen MR) is 77.2 cm³/mol. The maximum atomic E-state index is 11.4. The molecule has 1 N–H and O–H groups in total. The third-order valence-electron chi connectivity index (χ3n) is 2.80. The molecule has 19 heavy (non-hydrogen) atoms. The first-order valence-electron chi connectivity index (χ1n) is 6.76. The lowest BCUT2D eigenvalue weighted by atomic mass is 10.2. The van der Waals surface area contributed by atoms with E-state index in [4.69, 9.17) is 4.74 Å². The molecule has 0 aliphatic carbocycles. The number of hydrogen-bond donors (Lipinski definition) is 1. The Morgan fingerprint density at radius 2 is 1.95 bits per heavy atom. The van der Waals surface area contributed by atoms with Crippen molar-refractivity contribution in [2.75, 3.05) is 27.2 Å². The number of amides is 1. The SMILES string of the molecule is CCNCc1ccc(OCCCC(=O)N(C)C)cc1. The Labute approximate surface area is 115 Å². The number of nitrogens with one attached hydrogen (secondary N) is 1. The van der Waals surface area contributed by atoms with E-state index in [0.29, 0.717) is 13.0 Å². The molecule has 0 bridgehead atoms. The number of carbonyl (C=O) groups is 1. The van der Waals surface area contributed by atoms with E-state index in [9.17, 15) is 4.79 Å². The van der Waals surface area contributed by atoms with Crippen LogP contribution in [-0.2, 0) is 11.3 Å². The smallest absolute Gasteiger partial charge is 0.222 e. The standard InChI is InChI=1S/C15H24N2O2/c1-4-16-12-13-7-9-14(10-8-13)19-11-5-6-15(18)17(2)3/h7-10,16H,4-6,11-12H2,1-3H3. The second kappa shape index (κ2) is 8.53. The summed E-state index contributed by atoms with van der Waals surface area (Å²) in [5.41, 5.74) is 1.25. The highest BCUT2D eigenvalue weighted by Crippen LogP contribution is 2.12. The fourth-order valence-electron chi connectivity index (χ4n) is 1.61. The summed E-state index contributed by atoms with van der Waals surface area (Å²) in [6.07, 6.45) is 1.28. The molecule has 1 amide bonds. The highest BCUT2D eigenvalue weighted by atomic mass is 16.5. The Bertz CT molecular complexity index is 374. The summed E-state index contributed by atoms with van der Waals surface area (Å²) in [5, 5.41) is 3.28. The van der Waals surface area contributed by atoms with E-state index in [1.165, 1.54) is 5.56 Å². The van der Waals surface area contributed by atoms with E-state index >= 15 is 0 Å². The molecule has 4 nitrogen and oxygen atoms in total. The van der Waals surface area contributed by atoms with Crippen LogP contribution in [-0.4, -0.2) is 38.1 Å². The Morgan fingerprint density at radius 1 is 1.26 bits per heavy atom. The summed E-state index contributed by atoms with van der Waals surface area (Å²) in [7, 11) is 3.54. The molecule has 0 saturated carbocycles. The molecule has 0 aliphatic rings. The van der Waals surface area contributed by atoms with Gasteiger partial charge in [0.05, 0.1) is 6.61 Å². The van der Waals surface area contributed by atoms with Gasteiger partial charge in [-0.05, 0) is 30.7 Å². The summed E-state index contributed by atoms with van der Waals surface area (Å²) in [6.45, 7) is 4.52. The summed E-state index contributed by atoms with van der Waals surface area (Å²) >= 11 is 0. The van der Waals surface area contributed by atoms with Gasteiger partial charge in [0.2, 0.25) is 5.91 Å². The van der Waals surface area contributed by atoms with Crippen LogP contribution in [0.1, 0.15) is 25.3 Å². The van der Waals surface area contributed by atoms with Gasteiger partial charge in [-0.15, -0.1) is 0 Å². The number of benzene rings is 1. The molecule has 0 radical (unpaired) electrons. The van der Waals surface area contributed by atoms with Crippen LogP contribution in [0.5, 0.6) is 5.75 Å². The minimum absolute atomic E-state index is 0.143. The number of ether oxygens (including phenoxy) is 1. The fraction of sp³-hybridized carbons (Fsp3) is 0.533. The molecule has 4 heteroatoms. The van der Waals surface area contributed by atoms with E-state index in [1.807, 2.05) is 12.1 Å². The predicted octanol–water partition coefficient (Wildman–Crippen LogP) is 2.04. The molecule has 1 aromatic carbocycles. The van der Waals surface area contributed by atoms with Crippen molar-refractivity contribution >= 4 is 5.91 Å². The van der Waals surface area contributed by atoms with Crippen LogP contribution in [0.15, 0.2) is 24.3 Å². The fourth-order valence-corrected chi connectivity index (χ4v) is 1.61. The van der Waals surface area contributed by atoms with Crippen LogP contribution in [0.25, 0.3) is 0 Å². The van der Waals surface area contributed by atoms with Gasteiger partial charge in [0.15, 0.2) is 0 Å². The molecule has 106 valence electrons. The van der Waals surface area contributed by atoms with Gasteiger partial charge in [0.1, 0.15) is 5.75 Å². The summed E-state index contributed by atoms with van der Waals surface area (Å²) in [4.78, 5) is 13.0. The van der Waals surface area contributed by atoms with Crippen molar-refractivity contribution in [1.82, 2.24) is 10.2 Å². The van der Waals surface area contributed by atoms with Crippen molar-refractivity contribution < 1.29 is 9.53 Å². The Kier molecular flexibility index (Phi) is 6.97. The van der Waals surface area contributed by atoms with Crippen LogP contribution in [0.4, 0.5) is 0 Å². The van der Waals surface area contributed by atoms with Gasteiger partial charge in [0.25, 0.3) is 0 Å². The van der Waals surface area contributed by atoms with Crippen molar-refractivity contribution in [1.29, 1.82) is 0 Å². The highest BCUT2D eigenvalue weighted by molar-refractivity contribution is 5.75. The first-order chi connectivity index (χ1) is 9.13. The molecule has 0 atom stereocenters. The lowest BCUT2D eigenvalue weighted by molar-refractivity contribution is -0.128. The molecule has 0 aliphatic heterocycles. The van der Waals surface area contributed by atoms with E-state index in [0.717, 1.165) is 25.3 Å². The van der Waals surface area contributed by atoms with Crippen molar-refractivity contribution in [2.45, 2.75) is 26.3 Å². The van der Waals surface area contributed by atoms with Crippen molar-refractivity contribution in [3.05, 3.63) is 29.8 Å². The summed E-state index contributed by atoms with van der Waals surface area (Å²) < 4.78 is 5.60. The average Bonchev–Trinajstić information content (AvgIpc) is 2.42. The lowest BCUT2D eigenvalue weighted by Crippen LogP contribution is -2.21. The average molecular weight is 264 g/mol. The van der Waals surface area contributed by atoms with Crippen LogP contribution in [0.3, 0.4) is 0 Å². The molecule has 0 aromatic heterocycles. The minimum atomic E-state index is 0.143. The highest BCUT2D eigenvalue weighted by Gasteiger charge is 2.03. The third kappa shape index (κ3) is 6.25. The van der Waals surface area contributed by atoms with Gasteiger partial charge >= 0.3 is 0 Å². The molecule has 0 unspecified atom stereocenters. The topological polar surface area (TPSA) is 41.6 Å². The van der Waals surface area contributed by atoms with Gasteiger partial charge in [0, 0.05) is 27.1 Å². The van der Waals surface area contributed by atoms with Gasteiger partial charge in [-0.2, -0.15) is 0 Å². The van der Waals surface area contributed by atoms with Crippen LogP contribution < -0.4 is 10.1 Å². The van der Waals surface area contributed by atoms with Crippen LogP contribution in [0, 0.1) is 0 Å². The second-order valence-electron chi connectivity index (χ2n) is 4.66. The van der Waals surface area contributed by atoms with Gasteiger partial charge in [-0.3, -0.25) is 4.79 Å². The monoisotopic (exact) mass is 264 g/mol. The quantitative estimate of drug-likeness (QED) is 0.731. The van der Waals surface area contributed by atoms with Crippen molar-refractivity contribution in [3.8, 4) is 5.75 Å². The normalized spacial score (nSPS) is 10.3. The first kappa shape index (κ1) is 15.5. The number of nitrogens with zero attached hydrogens (tertiary/aromatic N) is 1. The van der Waals surface area contributed by atoms with Crippen molar-refractivity contribution in [2.24, 2.45) is 0 Å². The third-order valence-corrected chi connectivity index (χ3v) is 2.80. The molecule has 1 aromatic rings. The zero-order valence-corrected chi connectivity index (χ0v) is 12.1. The molecule has 0 heterocycles. The lowest BCUT2D eigenvalue weighted by Gasteiger charge is -2.10. The molecular formula is C15H24N2O2. The van der Waals surface area contributed by atoms with Crippen molar-refractivity contribution in [3.63, 3.8) is 0 Å². The second-order valence-corrected chi connectivity index (χ2v) is 4.66. The van der Waals surface area contributed by atoms with Gasteiger partial charge in [-0.1, -0.05) is 19.1 Å². The van der Waals surface area contributed by atoms with E-state index in [2.05, 4.69) is 24.4 Å². The molecule has 0 saturated heterocycles.